The minimum absolute atomic E-state index is 0.364. The maximum atomic E-state index is 10.9. The van der Waals surface area contributed by atoms with Crippen molar-refractivity contribution in [3.8, 4) is 0 Å². The predicted octanol–water partition coefficient (Wildman–Crippen LogP) is 4.08. The van der Waals surface area contributed by atoms with Crippen molar-refractivity contribution in [2.45, 2.75) is 52.0 Å². The van der Waals surface area contributed by atoms with Crippen molar-refractivity contribution < 1.29 is 9.90 Å². The first-order valence-electron chi connectivity index (χ1n) is 8.98. The number of hydrogen-bond donors (Lipinski definition) is 2. The lowest BCUT2D eigenvalue weighted by molar-refractivity contribution is -0.0999. The molecule has 0 radical (unpaired) electrons. The molecule has 4 aliphatic carbocycles. The summed E-state index contributed by atoms with van der Waals surface area (Å²) in [5.74, 6) is 1.09. The molecule has 0 heterocycles. The van der Waals surface area contributed by atoms with Gasteiger partial charge in [-0.15, -0.1) is 0 Å². The average Bonchev–Trinajstić information content (AvgIpc) is 2.45. The Hall–Kier alpha value is -1.35. The minimum Gasteiger partial charge on any atom is -0.478 e. The van der Waals surface area contributed by atoms with E-state index >= 15 is 0 Å². The van der Waals surface area contributed by atoms with Gasteiger partial charge in [-0.25, -0.2) is 4.79 Å². The van der Waals surface area contributed by atoms with Crippen LogP contribution in [0.2, 0.25) is 0 Å². The normalized spacial score (nSPS) is 38.0. The van der Waals surface area contributed by atoms with Crippen molar-refractivity contribution in [2.24, 2.45) is 22.7 Å². The van der Waals surface area contributed by atoms with E-state index in [1.807, 2.05) is 12.1 Å². The van der Waals surface area contributed by atoms with Crippen molar-refractivity contribution in [2.75, 3.05) is 6.54 Å². The van der Waals surface area contributed by atoms with Gasteiger partial charge in [0.2, 0.25) is 0 Å². The fourth-order valence-electron chi connectivity index (χ4n) is 6.37. The molecular weight excluding hydrogens is 286 g/mol. The molecule has 2 atom stereocenters. The summed E-state index contributed by atoms with van der Waals surface area (Å²) in [6.45, 7) is 4.48. The fraction of sp³-hybridized carbons (Fsp3) is 0.650. The quantitative estimate of drug-likeness (QED) is 0.861. The number of carbonyl (C=O) groups is 1. The van der Waals surface area contributed by atoms with Gasteiger partial charge in [-0.3, -0.25) is 0 Å². The molecule has 4 fully saturated rings. The molecule has 1 aromatic rings. The number of rotatable bonds is 5. The summed E-state index contributed by atoms with van der Waals surface area (Å²) in [5.41, 5.74) is 2.67. The lowest BCUT2D eigenvalue weighted by Crippen LogP contribution is -2.54. The van der Waals surface area contributed by atoms with Crippen LogP contribution in [0.25, 0.3) is 0 Å². The molecule has 0 aliphatic heterocycles. The maximum Gasteiger partial charge on any atom is 0.335 e. The van der Waals surface area contributed by atoms with Gasteiger partial charge in [0.1, 0.15) is 0 Å². The molecule has 3 nitrogen and oxygen atoms in total. The lowest BCUT2D eigenvalue weighted by Gasteiger charge is -2.61. The largest absolute Gasteiger partial charge is 0.478 e. The molecule has 23 heavy (non-hydrogen) atoms. The van der Waals surface area contributed by atoms with E-state index in [-0.39, 0.29) is 0 Å². The van der Waals surface area contributed by atoms with Crippen molar-refractivity contribution in [1.82, 2.24) is 5.32 Å². The van der Waals surface area contributed by atoms with Gasteiger partial charge in [0.25, 0.3) is 0 Å². The topological polar surface area (TPSA) is 49.3 Å². The number of benzene rings is 1. The summed E-state index contributed by atoms with van der Waals surface area (Å²) < 4.78 is 0. The zero-order chi connectivity index (χ0) is 16.1. The summed E-state index contributed by atoms with van der Waals surface area (Å²) >= 11 is 0. The highest BCUT2D eigenvalue weighted by molar-refractivity contribution is 5.87. The number of carboxylic acids is 1. The Morgan fingerprint density at radius 1 is 1.17 bits per heavy atom. The van der Waals surface area contributed by atoms with E-state index in [0.29, 0.717) is 16.4 Å². The molecule has 3 heteroatoms. The lowest BCUT2D eigenvalue weighted by atomic mass is 9.44. The number of aromatic carboxylic acids is 1. The third kappa shape index (κ3) is 2.91. The van der Waals surface area contributed by atoms with Crippen LogP contribution in [-0.4, -0.2) is 17.6 Å². The first-order valence-corrected chi connectivity index (χ1v) is 8.98. The molecule has 4 aliphatic rings. The van der Waals surface area contributed by atoms with Crippen LogP contribution in [0.4, 0.5) is 0 Å². The van der Waals surface area contributed by atoms with Crippen molar-refractivity contribution >= 4 is 5.97 Å². The fourth-order valence-corrected chi connectivity index (χ4v) is 6.37. The molecule has 1 aromatic carbocycles. The molecule has 0 aromatic heterocycles. The van der Waals surface area contributed by atoms with Gasteiger partial charge < -0.3 is 10.4 Å². The zero-order valence-electron chi connectivity index (χ0n) is 14.0. The van der Waals surface area contributed by atoms with Gasteiger partial charge in [-0.05, 0) is 78.9 Å². The highest BCUT2D eigenvalue weighted by Crippen LogP contribution is 2.64. The number of hydrogen-bond acceptors (Lipinski definition) is 2. The Morgan fingerprint density at radius 2 is 1.83 bits per heavy atom. The van der Waals surface area contributed by atoms with Crippen molar-refractivity contribution in [1.29, 1.82) is 0 Å². The maximum absolute atomic E-state index is 10.9. The van der Waals surface area contributed by atoms with E-state index in [9.17, 15) is 4.79 Å². The molecule has 5 rings (SSSR count). The molecule has 4 saturated carbocycles. The van der Waals surface area contributed by atoms with E-state index in [0.717, 1.165) is 24.9 Å². The molecule has 0 saturated heterocycles. The first kappa shape index (κ1) is 15.2. The van der Waals surface area contributed by atoms with E-state index in [1.165, 1.54) is 44.1 Å². The van der Waals surface area contributed by atoms with E-state index < -0.39 is 5.97 Å². The third-order valence-electron chi connectivity index (χ3n) is 6.50. The highest BCUT2D eigenvalue weighted by Gasteiger charge is 2.55. The summed E-state index contributed by atoms with van der Waals surface area (Å²) in [6, 6.07) is 7.26. The summed E-state index contributed by atoms with van der Waals surface area (Å²) in [6.07, 6.45) is 8.64. The summed E-state index contributed by atoms with van der Waals surface area (Å²) in [4.78, 5) is 10.9. The monoisotopic (exact) mass is 313 g/mol. The second-order valence-electron chi connectivity index (χ2n) is 8.88. The van der Waals surface area contributed by atoms with Crippen LogP contribution in [0.15, 0.2) is 24.3 Å². The molecule has 2 unspecified atom stereocenters. The summed E-state index contributed by atoms with van der Waals surface area (Å²) in [7, 11) is 0. The average molecular weight is 313 g/mol. The van der Waals surface area contributed by atoms with Gasteiger partial charge >= 0.3 is 5.97 Å². The Morgan fingerprint density at radius 3 is 2.39 bits per heavy atom. The second-order valence-corrected chi connectivity index (χ2v) is 8.88. The van der Waals surface area contributed by atoms with Crippen LogP contribution in [0, 0.1) is 22.7 Å². The number of carboxylic acid groups (broad SMARTS) is 1. The van der Waals surface area contributed by atoms with Gasteiger partial charge in [-0.1, -0.05) is 19.1 Å². The zero-order valence-corrected chi connectivity index (χ0v) is 14.0. The summed E-state index contributed by atoms with van der Waals surface area (Å²) in [5, 5.41) is 12.6. The molecular formula is C20H27NO2. The SMILES string of the molecule is CC12CC3CC(C1)CC(CNCc1ccc(C(=O)O)cc1)(C3)C2. The molecule has 124 valence electrons. The second kappa shape index (κ2) is 5.34. The Labute approximate surface area is 138 Å². The predicted molar refractivity (Wildman–Crippen MR) is 90.3 cm³/mol. The smallest absolute Gasteiger partial charge is 0.335 e. The van der Waals surface area contributed by atoms with Crippen LogP contribution in [-0.2, 0) is 6.54 Å². The third-order valence-corrected chi connectivity index (χ3v) is 6.50. The minimum atomic E-state index is -0.855. The van der Waals surface area contributed by atoms with Crippen LogP contribution in [0.1, 0.15) is 61.4 Å². The molecule has 0 amide bonds. The highest BCUT2D eigenvalue weighted by atomic mass is 16.4. The van der Waals surface area contributed by atoms with Gasteiger partial charge in [0, 0.05) is 13.1 Å². The van der Waals surface area contributed by atoms with Crippen LogP contribution in [0.5, 0.6) is 0 Å². The van der Waals surface area contributed by atoms with Gasteiger partial charge in [0.05, 0.1) is 5.56 Å². The van der Waals surface area contributed by atoms with Crippen molar-refractivity contribution in [3.05, 3.63) is 35.4 Å². The van der Waals surface area contributed by atoms with Gasteiger partial charge in [-0.2, -0.15) is 0 Å². The Bertz CT molecular complexity index is 593. The number of nitrogens with one attached hydrogen (secondary N) is 1. The molecule has 0 spiro atoms. The molecule has 4 bridgehead atoms. The first-order chi connectivity index (χ1) is 11.0. The standard InChI is InChI=1S/C20H27NO2/c1-19-7-15-6-16(8-19)10-20(9-15,12-19)13-21-11-14-2-4-17(5-3-14)18(22)23/h2-5,15-16,21H,6-13H2,1H3,(H,22,23). The van der Waals surface area contributed by atoms with E-state index in [4.69, 9.17) is 5.11 Å². The van der Waals surface area contributed by atoms with Crippen molar-refractivity contribution in [3.63, 3.8) is 0 Å². The van der Waals surface area contributed by atoms with Crippen LogP contribution in [0.3, 0.4) is 0 Å². The van der Waals surface area contributed by atoms with Crippen LogP contribution < -0.4 is 5.32 Å². The van der Waals surface area contributed by atoms with Gasteiger partial charge in [0.15, 0.2) is 0 Å². The Kier molecular flexibility index (Phi) is 3.53. The molecule has 2 N–H and O–H groups in total. The Balaban J connectivity index is 1.37. The van der Waals surface area contributed by atoms with Crippen LogP contribution >= 0.6 is 0 Å². The van der Waals surface area contributed by atoms with E-state index in [2.05, 4.69) is 12.2 Å². The van der Waals surface area contributed by atoms with E-state index in [1.54, 1.807) is 12.1 Å².